The fraction of sp³-hybridized carbons (Fsp3) is 0.118. The normalized spacial score (nSPS) is 10.7. The fourth-order valence-electron chi connectivity index (χ4n) is 2.28. The van der Waals surface area contributed by atoms with E-state index in [2.05, 4.69) is 0 Å². The summed E-state index contributed by atoms with van der Waals surface area (Å²) >= 11 is 1.51. The van der Waals surface area contributed by atoms with Crippen molar-refractivity contribution in [2.75, 3.05) is 12.8 Å². The Bertz CT molecular complexity index is 780. The number of fused-ring (bicyclic) bond motifs is 1. The molecule has 0 saturated carbocycles. The Labute approximate surface area is 127 Å². The van der Waals surface area contributed by atoms with Crippen molar-refractivity contribution in [3.63, 3.8) is 0 Å². The first-order valence-corrected chi connectivity index (χ1v) is 7.53. The van der Waals surface area contributed by atoms with Crippen LogP contribution in [0.25, 0.3) is 10.1 Å². The zero-order valence-electron chi connectivity index (χ0n) is 11.7. The van der Waals surface area contributed by atoms with Crippen LogP contribution in [0.1, 0.15) is 15.2 Å². The lowest BCUT2D eigenvalue weighted by Crippen LogP contribution is -2.25. The molecule has 0 bridgehead atoms. The molecule has 2 N–H and O–H groups in total. The minimum atomic E-state index is 0.0404. The van der Waals surface area contributed by atoms with Gasteiger partial charge in [-0.3, -0.25) is 4.79 Å². The van der Waals surface area contributed by atoms with Crippen molar-refractivity contribution >= 4 is 33.0 Å². The van der Waals surface area contributed by atoms with Crippen molar-refractivity contribution in [3.8, 4) is 0 Å². The van der Waals surface area contributed by atoms with E-state index in [-0.39, 0.29) is 5.91 Å². The molecule has 0 aliphatic carbocycles. The van der Waals surface area contributed by atoms with E-state index in [4.69, 9.17) is 5.73 Å². The summed E-state index contributed by atoms with van der Waals surface area (Å²) in [5.74, 6) is 0.0404. The number of carbonyl (C=O) groups is 1. The van der Waals surface area contributed by atoms with Gasteiger partial charge < -0.3 is 10.6 Å². The van der Waals surface area contributed by atoms with Crippen LogP contribution in [0, 0.1) is 0 Å². The van der Waals surface area contributed by atoms with Gasteiger partial charge in [0, 0.05) is 24.0 Å². The van der Waals surface area contributed by atoms with Gasteiger partial charge in [0.25, 0.3) is 5.91 Å². The summed E-state index contributed by atoms with van der Waals surface area (Å²) in [6.45, 7) is 0.607. The number of nitrogens with two attached hydrogens (primary N) is 1. The summed E-state index contributed by atoms with van der Waals surface area (Å²) < 4.78 is 1.08. The SMILES string of the molecule is CN(Cc1ccccc1)C(=O)c1cc2cc(N)ccc2s1. The van der Waals surface area contributed by atoms with Crippen molar-refractivity contribution < 1.29 is 4.79 Å². The maximum Gasteiger partial charge on any atom is 0.264 e. The van der Waals surface area contributed by atoms with E-state index in [0.717, 1.165) is 26.2 Å². The van der Waals surface area contributed by atoms with Gasteiger partial charge >= 0.3 is 0 Å². The molecule has 106 valence electrons. The number of carbonyl (C=O) groups excluding carboxylic acids is 1. The average Bonchev–Trinajstić information content (AvgIpc) is 2.90. The van der Waals surface area contributed by atoms with E-state index in [9.17, 15) is 4.79 Å². The van der Waals surface area contributed by atoms with Crippen LogP contribution >= 0.6 is 11.3 Å². The molecule has 0 aliphatic heterocycles. The van der Waals surface area contributed by atoms with Crippen LogP contribution in [-0.4, -0.2) is 17.9 Å². The van der Waals surface area contributed by atoms with Crippen molar-refractivity contribution in [3.05, 3.63) is 65.0 Å². The van der Waals surface area contributed by atoms with Crippen molar-refractivity contribution in [1.29, 1.82) is 0 Å². The van der Waals surface area contributed by atoms with Gasteiger partial charge in [-0.1, -0.05) is 30.3 Å². The van der Waals surface area contributed by atoms with E-state index >= 15 is 0 Å². The third kappa shape index (κ3) is 2.90. The highest BCUT2D eigenvalue weighted by Crippen LogP contribution is 2.28. The quantitative estimate of drug-likeness (QED) is 0.748. The van der Waals surface area contributed by atoms with Crippen molar-refractivity contribution in [2.45, 2.75) is 6.54 Å². The second-order valence-electron chi connectivity index (χ2n) is 5.05. The number of benzene rings is 2. The molecular weight excluding hydrogens is 280 g/mol. The summed E-state index contributed by atoms with van der Waals surface area (Å²) in [7, 11) is 1.83. The Morgan fingerprint density at radius 2 is 1.90 bits per heavy atom. The van der Waals surface area contributed by atoms with Gasteiger partial charge in [-0.15, -0.1) is 11.3 Å². The Balaban J connectivity index is 1.82. The number of anilines is 1. The molecule has 0 aliphatic rings. The minimum absolute atomic E-state index is 0.0404. The lowest BCUT2D eigenvalue weighted by Gasteiger charge is -2.16. The molecule has 1 amide bonds. The maximum absolute atomic E-state index is 12.5. The minimum Gasteiger partial charge on any atom is -0.399 e. The van der Waals surface area contributed by atoms with Gasteiger partial charge in [0.1, 0.15) is 0 Å². The highest BCUT2D eigenvalue weighted by molar-refractivity contribution is 7.20. The zero-order valence-corrected chi connectivity index (χ0v) is 12.6. The van der Waals surface area contributed by atoms with Gasteiger partial charge in [0.05, 0.1) is 4.88 Å². The van der Waals surface area contributed by atoms with E-state index < -0.39 is 0 Å². The second-order valence-corrected chi connectivity index (χ2v) is 6.14. The van der Waals surface area contributed by atoms with Gasteiger partial charge in [-0.25, -0.2) is 0 Å². The molecule has 0 radical (unpaired) electrons. The lowest BCUT2D eigenvalue weighted by atomic mass is 10.2. The van der Waals surface area contributed by atoms with Crippen LogP contribution in [0.3, 0.4) is 0 Å². The molecule has 3 aromatic rings. The van der Waals surface area contributed by atoms with Gasteiger partial charge in [0.15, 0.2) is 0 Å². The lowest BCUT2D eigenvalue weighted by molar-refractivity contribution is 0.0790. The van der Waals surface area contributed by atoms with Crippen LogP contribution in [-0.2, 0) is 6.54 Å². The first-order chi connectivity index (χ1) is 10.1. The standard InChI is InChI=1S/C17H16N2OS/c1-19(11-12-5-3-2-4-6-12)17(20)16-10-13-9-14(18)7-8-15(13)21-16/h2-10H,11,18H2,1H3. The van der Waals surface area contributed by atoms with E-state index in [1.807, 2.05) is 61.6 Å². The number of hydrogen-bond acceptors (Lipinski definition) is 3. The van der Waals surface area contributed by atoms with Gasteiger partial charge in [-0.05, 0) is 35.2 Å². The van der Waals surface area contributed by atoms with Crippen LogP contribution < -0.4 is 5.73 Å². The predicted octanol–water partition coefficient (Wildman–Crippen LogP) is 3.76. The summed E-state index contributed by atoms with van der Waals surface area (Å²) in [5, 5.41) is 1.02. The molecule has 4 heteroatoms. The molecule has 3 rings (SSSR count). The summed E-state index contributed by atoms with van der Waals surface area (Å²) in [5.41, 5.74) is 7.62. The average molecular weight is 296 g/mol. The summed E-state index contributed by atoms with van der Waals surface area (Å²) in [6.07, 6.45) is 0. The molecule has 3 nitrogen and oxygen atoms in total. The maximum atomic E-state index is 12.5. The van der Waals surface area contributed by atoms with E-state index in [0.29, 0.717) is 6.54 Å². The van der Waals surface area contributed by atoms with E-state index in [1.54, 1.807) is 4.90 Å². The number of rotatable bonds is 3. The highest BCUT2D eigenvalue weighted by atomic mass is 32.1. The number of hydrogen-bond donors (Lipinski definition) is 1. The number of nitrogens with zero attached hydrogens (tertiary/aromatic N) is 1. The third-order valence-electron chi connectivity index (χ3n) is 3.36. The van der Waals surface area contributed by atoms with Gasteiger partial charge in [-0.2, -0.15) is 0 Å². The Kier molecular flexibility index (Phi) is 3.62. The molecule has 1 aromatic heterocycles. The Morgan fingerprint density at radius 1 is 1.14 bits per heavy atom. The van der Waals surface area contributed by atoms with Crippen molar-refractivity contribution in [1.82, 2.24) is 4.90 Å². The molecule has 0 saturated heterocycles. The Hall–Kier alpha value is -2.33. The fourth-order valence-corrected chi connectivity index (χ4v) is 3.32. The van der Waals surface area contributed by atoms with Crippen LogP contribution in [0.2, 0.25) is 0 Å². The molecule has 0 spiro atoms. The first-order valence-electron chi connectivity index (χ1n) is 6.72. The molecule has 0 fully saturated rings. The molecular formula is C17H16N2OS. The smallest absolute Gasteiger partial charge is 0.264 e. The molecule has 0 unspecified atom stereocenters. The van der Waals surface area contributed by atoms with Crippen LogP contribution in [0.15, 0.2) is 54.6 Å². The predicted molar refractivity (Wildman–Crippen MR) is 88.5 cm³/mol. The molecule has 21 heavy (non-hydrogen) atoms. The van der Waals surface area contributed by atoms with E-state index in [1.165, 1.54) is 11.3 Å². The summed E-state index contributed by atoms with van der Waals surface area (Å²) in [6, 6.07) is 17.6. The van der Waals surface area contributed by atoms with Crippen LogP contribution in [0.5, 0.6) is 0 Å². The summed E-state index contributed by atoms with van der Waals surface area (Å²) in [4.78, 5) is 15.0. The highest BCUT2D eigenvalue weighted by Gasteiger charge is 2.15. The van der Waals surface area contributed by atoms with Gasteiger partial charge in [0.2, 0.25) is 0 Å². The number of thiophene rings is 1. The third-order valence-corrected chi connectivity index (χ3v) is 4.46. The second kappa shape index (κ2) is 5.58. The zero-order chi connectivity index (χ0) is 14.8. The van der Waals surface area contributed by atoms with Crippen molar-refractivity contribution in [2.24, 2.45) is 0 Å². The molecule has 1 heterocycles. The number of nitrogen functional groups attached to an aromatic ring is 1. The molecule has 0 atom stereocenters. The topological polar surface area (TPSA) is 46.3 Å². The largest absolute Gasteiger partial charge is 0.399 e. The monoisotopic (exact) mass is 296 g/mol. The molecule has 2 aromatic carbocycles. The Morgan fingerprint density at radius 3 is 2.67 bits per heavy atom. The first kappa shape index (κ1) is 13.6. The van der Waals surface area contributed by atoms with Crippen LogP contribution in [0.4, 0.5) is 5.69 Å². The number of amides is 1.